The topological polar surface area (TPSA) is 97.4 Å². The van der Waals surface area contributed by atoms with Crippen LogP contribution in [0.4, 0.5) is 0 Å². The maximum Gasteiger partial charge on any atom is 0.494 e. The van der Waals surface area contributed by atoms with Crippen LogP contribution >= 0.6 is 0 Å². The Morgan fingerprint density at radius 2 is 1.83 bits per heavy atom. The highest BCUT2D eigenvalue weighted by molar-refractivity contribution is 6.62. The number of amidine groups is 1. The minimum atomic E-state index is -0.570. The second-order valence-electron chi connectivity index (χ2n) is 6.87. The van der Waals surface area contributed by atoms with Crippen molar-refractivity contribution in [1.82, 2.24) is 5.32 Å². The lowest BCUT2D eigenvalue weighted by molar-refractivity contribution is -0.115. The van der Waals surface area contributed by atoms with Gasteiger partial charge in [-0.3, -0.25) is 10.2 Å². The SMILES string of the molecule is Cc1cc(B2OC(C)(C)C(C)(C)O2)ccc1CNC(=O)C(=N)N. The van der Waals surface area contributed by atoms with Crippen molar-refractivity contribution < 1.29 is 14.1 Å². The third-order valence-electron chi connectivity index (χ3n) is 4.58. The van der Waals surface area contributed by atoms with E-state index in [1.165, 1.54) is 0 Å². The third-order valence-corrected chi connectivity index (χ3v) is 4.58. The van der Waals surface area contributed by atoms with Gasteiger partial charge in [0.15, 0.2) is 5.84 Å². The summed E-state index contributed by atoms with van der Waals surface area (Å²) in [5, 5.41) is 9.68. The molecule has 0 radical (unpaired) electrons. The van der Waals surface area contributed by atoms with Gasteiger partial charge in [-0.15, -0.1) is 0 Å². The van der Waals surface area contributed by atoms with Crippen molar-refractivity contribution in [2.24, 2.45) is 5.73 Å². The minimum absolute atomic E-state index is 0.327. The molecule has 6 nitrogen and oxygen atoms in total. The number of benzene rings is 1. The zero-order chi connectivity index (χ0) is 17.4. The van der Waals surface area contributed by atoms with Gasteiger partial charge in [-0.05, 0) is 51.2 Å². The zero-order valence-corrected chi connectivity index (χ0v) is 14.3. The van der Waals surface area contributed by atoms with Crippen molar-refractivity contribution in [3.05, 3.63) is 29.3 Å². The number of rotatable bonds is 3. The van der Waals surface area contributed by atoms with E-state index in [0.717, 1.165) is 16.6 Å². The molecular formula is C16H24BN3O3. The quantitative estimate of drug-likeness (QED) is 0.437. The third kappa shape index (κ3) is 3.56. The Bertz CT molecular complexity index is 627. The molecule has 1 saturated heterocycles. The molecule has 124 valence electrons. The van der Waals surface area contributed by atoms with Gasteiger partial charge < -0.3 is 20.4 Å². The van der Waals surface area contributed by atoms with Crippen molar-refractivity contribution in [3.8, 4) is 0 Å². The van der Waals surface area contributed by atoms with Gasteiger partial charge >= 0.3 is 7.12 Å². The fourth-order valence-corrected chi connectivity index (χ4v) is 2.31. The Hall–Kier alpha value is -1.86. The number of hydrogen-bond donors (Lipinski definition) is 3. The van der Waals surface area contributed by atoms with Crippen LogP contribution in [0.15, 0.2) is 18.2 Å². The monoisotopic (exact) mass is 317 g/mol. The molecule has 2 rings (SSSR count). The van der Waals surface area contributed by atoms with E-state index in [0.29, 0.717) is 6.54 Å². The number of nitrogens with two attached hydrogens (primary N) is 1. The Balaban J connectivity index is 2.11. The molecule has 1 aromatic rings. The fraction of sp³-hybridized carbons (Fsp3) is 0.500. The van der Waals surface area contributed by atoms with Crippen molar-refractivity contribution in [3.63, 3.8) is 0 Å². The summed E-state index contributed by atoms with van der Waals surface area (Å²) in [6.45, 7) is 10.4. The molecule has 1 aliphatic heterocycles. The summed E-state index contributed by atoms with van der Waals surface area (Å²) in [7, 11) is -0.403. The molecule has 0 aromatic heterocycles. The zero-order valence-electron chi connectivity index (χ0n) is 14.3. The summed E-state index contributed by atoms with van der Waals surface area (Å²) in [6, 6.07) is 5.86. The van der Waals surface area contributed by atoms with E-state index in [4.69, 9.17) is 20.5 Å². The number of carbonyl (C=O) groups excluding carboxylic acids is 1. The van der Waals surface area contributed by atoms with Crippen LogP contribution < -0.4 is 16.5 Å². The number of nitrogens with one attached hydrogen (secondary N) is 2. The molecule has 1 aromatic carbocycles. The maximum absolute atomic E-state index is 11.3. The van der Waals surface area contributed by atoms with Crippen LogP contribution in [0.1, 0.15) is 38.8 Å². The predicted octanol–water partition coefficient (Wildman–Crippen LogP) is 0.846. The van der Waals surface area contributed by atoms with Crippen LogP contribution in [0.5, 0.6) is 0 Å². The van der Waals surface area contributed by atoms with E-state index in [-0.39, 0.29) is 11.2 Å². The summed E-state index contributed by atoms with van der Waals surface area (Å²) in [5.41, 5.74) is 7.30. The molecule has 23 heavy (non-hydrogen) atoms. The molecule has 0 spiro atoms. The molecule has 0 bridgehead atoms. The van der Waals surface area contributed by atoms with E-state index in [2.05, 4.69) is 5.32 Å². The number of carbonyl (C=O) groups is 1. The molecular weight excluding hydrogens is 293 g/mol. The molecule has 7 heteroatoms. The van der Waals surface area contributed by atoms with Gasteiger partial charge in [0.25, 0.3) is 5.91 Å². The van der Waals surface area contributed by atoms with Gasteiger partial charge in [0, 0.05) is 6.54 Å². The van der Waals surface area contributed by atoms with Gasteiger partial charge in [0.05, 0.1) is 11.2 Å². The molecule has 0 unspecified atom stereocenters. The molecule has 0 atom stereocenters. The van der Waals surface area contributed by atoms with E-state index in [1.54, 1.807) is 0 Å². The second kappa shape index (κ2) is 5.98. The molecule has 4 N–H and O–H groups in total. The lowest BCUT2D eigenvalue weighted by Gasteiger charge is -2.32. The van der Waals surface area contributed by atoms with Crippen LogP contribution in [0.2, 0.25) is 0 Å². The summed E-state index contributed by atoms with van der Waals surface area (Å²) in [5.74, 6) is -1.06. The lowest BCUT2D eigenvalue weighted by atomic mass is 9.78. The molecule has 1 aliphatic rings. The fourth-order valence-electron chi connectivity index (χ4n) is 2.31. The summed E-state index contributed by atoms with van der Waals surface area (Å²) in [4.78, 5) is 11.3. The van der Waals surface area contributed by atoms with Gasteiger partial charge in [0.2, 0.25) is 0 Å². The Kier molecular flexibility index (Phi) is 4.55. The smallest absolute Gasteiger partial charge is 0.399 e. The first kappa shape index (κ1) is 17.5. The average molecular weight is 317 g/mol. The van der Waals surface area contributed by atoms with Crippen LogP contribution in [-0.4, -0.2) is 30.1 Å². The normalized spacial score (nSPS) is 18.7. The summed E-state index contributed by atoms with van der Waals surface area (Å²) < 4.78 is 12.1. The number of hydrogen-bond acceptors (Lipinski definition) is 4. The van der Waals surface area contributed by atoms with Crippen molar-refractivity contribution in [2.45, 2.75) is 52.4 Å². The Morgan fingerprint density at radius 1 is 1.26 bits per heavy atom. The van der Waals surface area contributed by atoms with Crippen LogP contribution in [0, 0.1) is 12.3 Å². The molecule has 1 amide bonds. The van der Waals surface area contributed by atoms with Crippen molar-refractivity contribution in [1.29, 1.82) is 5.41 Å². The lowest BCUT2D eigenvalue weighted by Crippen LogP contribution is -2.41. The first-order valence-electron chi connectivity index (χ1n) is 7.61. The van der Waals surface area contributed by atoms with E-state index >= 15 is 0 Å². The van der Waals surface area contributed by atoms with Crippen molar-refractivity contribution in [2.75, 3.05) is 0 Å². The van der Waals surface area contributed by atoms with Crippen LogP contribution in [0.3, 0.4) is 0 Å². The largest absolute Gasteiger partial charge is 0.494 e. The maximum atomic E-state index is 11.3. The predicted molar refractivity (Wildman–Crippen MR) is 90.7 cm³/mol. The van der Waals surface area contributed by atoms with Gasteiger partial charge in [0.1, 0.15) is 0 Å². The standard InChI is InChI=1S/C16H24BN3O3/c1-10-8-12(17-22-15(2,3)16(4,5)23-17)7-6-11(10)9-20-14(21)13(18)19/h6-8H,9H2,1-5H3,(H3,18,19)(H,20,21). The second-order valence-corrected chi connectivity index (χ2v) is 6.87. The highest BCUT2D eigenvalue weighted by Crippen LogP contribution is 2.36. The average Bonchev–Trinajstić information content (AvgIpc) is 2.65. The highest BCUT2D eigenvalue weighted by atomic mass is 16.7. The Labute approximate surface area is 137 Å². The highest BCUT2D eigenvalue weighted by Gasteiger charge is 2.51. The summed E-state index contributed by atoms with van der Waals surface area (Å²) in [6.07, 6.45) is 0. The van der Waals surface area contributed by atoms with Crippen molar-refractivity contribution >= 4 is 24.3 Å². The number of aryl methyl sites for hydroxylation is 1. The van der Waals surface area contributed by atoms with E-state index in [9.17, 15) is 4.79 Å². The number of amides is 1. The first-order chi connectivity index (χ1) is 10.5. The van der Waals surface area contributed by atoms with E-state index in [1.807, 2.05) is 52.8 Å². The van der Waals surface area contributed by atoms with Gasteiger partial charge in [-0.1, -0.05) is 18.2 Å². The molecule has 1 heterocycles. The molecule has 1 fully saturated rings. The summed E-state index contributed by atoms with van der Waals surface area (Å²) >= 11 is 0. The van der Waals surface area contributed by atoms with E-state index < -0.39 is 18.9 Å². The van der Waals surface area contributed by atoms with Gasteiger partial charge in [-0.2, -0.15) is 0 Å². The van der Waals surface area contributed by atoms with Crippen LogP contribution in [-0.2, 0) is 20.6 Å². The van der Waals surface area contributed by atoms with Gasteiger partial charge in [-0.25, -0.2) is 0 Å². The van der Waals surface area contributed by atoms with Crippen LogP contribution in [0.25, 0.3) is 0 Å². The Morgan fingerprint density at radius 3 is 2.30 bits per heavy atom. The molecule has 0 aliphatic carbocycles. The minimum Gasteiger partial charge on any atom is -0.399 e. The molecule has 0 saturated carbocycles. The first-order valence-corrected chi connectivity index (χ1v) is 7.61.